The minimum atomic E-state index is -0.631. The molecule has 0 aliphatic rings. The van der Waals surface area contributed by atoms with E-state index in [1.807, 2.05) is 13.0 Å². The van der Waals surface area contributed by atoms with Crippen molar-refractivity contribution in [3.63, 3.8) is 0 Å². The normalized spacial score (nSPS) is 10.5. The van der Waals surface area contributed by atoms with Gasteiger partial charge in [-0.15, -0.1) is 0 Å². The van der Waals surface area contributed by atoms with E-state index >= 15 is 0 Å². The standard InChI is InChI=1S/C22H28N2O6/c1-3-28-14-29-18-13-17(22(27)24-19(25)11-7-8-12-23)15(2)20(26)21(18)30-16-9-5-4-6-10-16/h4-6,9-10,13,26H,3,7-8,11-12,14,23H2,1-2H3,(H,24,25,27). The van der Waals surface area contributed by atoms with Crippen LogP contribution < -0.4 is 20.5 Å². The molecule has 2 aromatic rings. The van der Waals surface area contributed by atoms with Gasteiger partial charge in [0.05, 0.1) is 5.56 Å². The Bertz CT molecular complexity index is 854. The van der Waals surface area contributed by atoms with Gasteiger partial charge in [-0.2, -0.15) is 0 Å². The minimum absolute atomic E-state index is 0.0595. The first-order valence-corrected chi connectivity index (χ1v) is 9.82. The van der Waals surface area contributed by atoms with Crippen molar-refractivity contribution in [3.8, 4) is 23.0 Å². The molecule has 0 atom stereocenters. The maximum Gasteiger partial charge on any atom is 0.258 e. The second-order valence-electron chi connectivity index (χ2n) is 6.52. The smallest absolute Gasteiger partial charge is 0.258 e. The van der Waals surface area contributed by atoms with Gasteiger partial charge in [-0.3, -0.25) is 14.9 Å². The molecule has 0 aromatic heterocycles. The van der Waals surface area contributed by atoms with Crippen LogP contribution in [0.4, 0.5) is 0 Å². The number of hydrogen-bond acceptors (Lipinski definition) is 7. The first-order chi connectivity index (χ1) is 14.5. The molecule has 30 heavy (non-hydrogen) atoms. The number of amides is 2. The van der Waals surface area contributed by atoms with Crippen molar-refractivity contribution >= 4 is 11.8 Å². The van der Waals surface area contributed by atoms with Gasteiger partial charge in [0.2, 0.25) is 11.7 Å². The second kappa shape index (κ2) is 11.8. The molecule has 0 heterocycles. The van der Waals surface area contributed by atoms with Crippen LogP contribution in [0.1, 0.15) is 42.1 Å². The average Bonchev–Trinajstić information content (AvgIpc) is 2.74. The van der Waals surface area contributed by atoms with Crippen LogP contribution in [-0.4, -0.2) is 36.9 Å². The average molecular weight is 416 g/mol. The molecule has 2 amide bonds. The SMILES string of the molecule is CCOCOc1cc(C(=O)NC(=O)CCCCN)c(C)c(O)c1Oc1ccccc1. The van der Waals surface area contributed by atoms with Crippen molar-refractivity contribution < 1.29 is 28.9 Å². The summed E-state index contributed by atoms with van der Waals surface area (Å²) in [6.07, 6.45) is 1.48. The molecule has 0 radical (unpaired) electrons. The van der Waals surface area contributed by atoms with Crippen molar-refractivity contribution in [2.45, 2.75) is 33.1 Å². The van der Waals surface area contributed by atoms with Gasteiger partial charge in [-0.25, -0.2) is 0 Å². The van der Waals surface area contributed by atoms with E-state index in [0.717, 1.165) is 0 Å². The lowest BCUT2D eigenvalue weighted by Crippen LogP contribution is -2.30. The summed E-state index contributed by atoms with van der Waals surface area (Å²) in [5.41, 5.74) is 5.78. The van der Waals surface area contributed by atoms with Crippen LogP contribution in [0.25, 0.3) is 0 Å². The number of phenols is 1. The quantitative estimate of drug-likeness (QED) is 0.380. The van der Waals surface area contributed by atoms with E-state index in [-0.39, 0.29) is 41.6 Å². The van der Waals surface area contributed by atoms with E-state index in [1.165, 1.54) is 6.07 Å². The Morgan fingerprint density at radius 1 is 1.17 bits per heavy atom. The number of nitrogens with two attached hydrogens (primary N) is 1. The van der Waals surface area contributed by atoms with Crippen molar-refractivity contribution in [3.05, 3.63) is 47.5 Å². The fourth-order valence-electron chi connectivity index (χ4n) is 2.64. The van der Waals surface area contributed by atoms with Crippen LogP contribution in [0, 0.1) is 6.92 Å². The lowest BCUT2D eigenvalue weighted by Gasteiger charge is -2.17. The third kappa shape index (κ3) is 6.47. The van der Waals surface area contributed by atoms with Crippen LogP contribution in [0.3, 0.4) is 0 Å². The number of nitrogens with one attached hydrogen (secondary N) is 1. The number of unbranched alkanes of at least 4 members (excludes halogenated alkanes) is 1. The van der Waals surface area contributed by atoms with Crippen LogP contribution >= 0.6 is 0 Å². The van der Waals surface area contributed by atoms with Gasteiger partial charge >= 0.3 is 0 Å². The zero-order valence-electron chi connectivity index (χ0n) is 17.3. The lowest BCUT2D eigenvalue weighted by molar-refractivity contribution is -0.120. The number of aromatic hydroxyl groups is 1. The largest absolute Gasteiger partial charge is 0.504 e. The zero-order chi connectivity index (χ0) is 21.9. The van der Waals surface area contributed by atoms with Gasteiger partial charge in [0, 0.05) is 18.6 Å². The molecule has 0 spiro atoms. The molecule has 0 unspecified atom stereocenters. The molecule has 0 fully saturated rings. The molecular formula is C22H28N2O6. The lowest BCUT2D eigenvalue weighted by atomic mass is 10.0. The van der Waals surface area contributed by atoms with E-state index < -0.39 is 11.8 Å². The van der Waals surface area contributed by atoms with Crippen LogP contribution in [0.15, 0.2) is 36.4 Å². The number of rotatable bonds is 11. The molecular weight excluding hydrogens is 388 g/mol. The number of carbonyl (C=O) groups is 2. The molecule has 8 heteroatoms. The minimum Gasteiger partial charge on any atom is -0.504 e. The van der Waals surface area contributed by atoms with Gasteiger partial charge < -0.3 is 25.1 Å². The topological polar surface area (TPSA) is 120 Å². The molecule has 0 saturated carbocycles. The van der Waals surface area contributed by atoms with Crippen molar-refractivity contribution in [1.29, 1.82) is 0 Å². The van der Waals surface area contributed by atoms with Crippen LogP contribution in [0.5, 0.6) is 23.0 Å². The summed E-state index contributed by atoms with van der Waals surface area (Å²) in [5, 5.41) is 13.0. The molecule has 0 saturated heterocycles. The maximum atomic E-state index is 12.6. The third-order valence-electron chi connectivity index (χ3n) is 4.29. The van der Waals surface area contributed by atoms with Gasteiger partial charge in [-0.1, -0.05) is 18.2 Å². The molecule has 0 aliphatic carbocycles. The predicted molar refractivity (Wildman–Crippen MR) is 112 cm³/mol. The third-order valence-corrected chi connectivity index (χ3v) is 4.29. The van der Waals surface area contributed by atoms with Crippen LogP contribution in [-0.2, 0) is 9.53 Å². The Labute approximate surface area is 175 Å². The molecule has 4 N–H and O–H groups in total. The maximum absolute atomic E-state index is 12.6. The Morgan fingerprint density at radius 2 is 1.90 bits per heavy atom. The first-order valence-electron chi connectivity index (χ1n) is 9.82. The van der Waals surface area contributed by atoms with Gasteiger partial charge in [0.15, 0.2) is 18.3 Å². The predicted octanol–water partition coefficient (Wildman–Crippen LogP) is 3.25. The number of benzene rings is 2. The number of para-hydroxylation sites is 1. The fourth-order valence-corrected chi connectivity index (χ4v) is 2.64. The summed E-state index contributed by atoms with van der Waals surface area (Å²) in [6, 6.07) is 10.3. The summed E-state index contributed by atoms with van der Waals surface area (Å²) in [4.78, 5) is 24.6. The summed E-state index contributed by atoms with van der Waals surface area (Å²) in [5.74, 6) is -0.628. The van der Waals surface area contributed by atoms with Crippen molar-refractivity contribution in [2.75, 3.05) is 19.9 Å². The highest BCUT2D eigenvalue weighted by Gasteiger charge is 2.23. The van der Waals surface area contributed by atoms with Crippen molar-refractivity contribution in [2.24, 2.45) is 5.73 Å². The number of hydrogen-bond donors (Lipinski definition) is 3. The van der Waals surface area contributed by atoms with E-state index in [9.17, 15) is 14.7 Å². The highest BCUT2D eigenvalue weighted by molar-refractivity contribution is 6.06. The summed E-state index contributed by atoms with van der Waals surface area (Å²) in [7, 11) is 0. The van der Waals surface area contributed by atoms with E-state index in [0.29, 0.717) is 31.7 Å². The molecule has 2 aromatic carbocycles. The molecule has 2 rings (SSSR count). The summed E-state index contributed by atoms with van der Waals surface area (Å²) in [6.45, 7) is 4.19. The summed E-state index contributed by atoms with van der Waals surface area (Å²) >= 11 is 0. The fraction of sp³-hybridized carbons (Fsp3) is 0.364. The summed E-state index contributed by atoms with van der Waals surface area (Å²) < 4.78 is 16.6. The Kier molecular flexibility index (Phi) is 9.11. The second-order valence-corrected chi connectivity index (χ2v) is 6.52. The highest BCUT2D eigenvalue weighted by atomic mass is 16.7. The number of ether oxygens (including phenoxy) is 3. The van der Waals surface area contributed by atoms with E-state index in [2.05, 4.69) is 5.32 Å². The number of imide groups is 1. The van der Waals surface area contributed by atoms with E-state index in [4.69, 9.17) is 19.9 Å². The highest BCUT2D eigenvalue weighted by Crippen LogP contribution is 2.43. The number of phenolic OH excluding ortho intramolecular Hbond substituents is 1. The Balaban J connectivity index is 2.30. The van der Waals surface area contributed by atoms with E-state index in [1.54, 1.807) is 31.2 Å². The first kappa shape index (κ1) is 23.2. The monoisotopic (exact) mass is 416 g/mol. The zero-order valence-corrected chi connectivity index (χ0v) is 17.3. The molecule has 0 bridgehead atoms. The molecule has 8 nitrogen and oxygen atoms in total. The van der Waals surface area contributed by atoms with Crippen molar-refractivity contribution in [1.82, 2.24) is 5.32 Å². The Hall–Kier alpha value is -3.10. The molecule has 162 valence electrons. The van der Waals surface area contributed by atoms with Gasteiger partial charge in [-0.05, 0) is 51.4 Å². The Morgan fingerprint density at radius 3 is 2.57 bits per heavy atom. The van der Waals surface area contributed by atoms with Gasteiger partial charge in [0.1, 0.15) is 5.75 Å². The number of carbonyl (C=O) groups excluding carboxylic acids is 2. The van der Waals surface area contributed by atoms with Gasteiger partial charge in [0.25, 0.3) is 5.91 Å². The van der Waals surface area contributed by atoms with Crippen LogP contribution in [0.2, 0.25) is 0 Å². The molecule has 0 aliphatic heterocycles.